The third kappa shape index (κ3) is 4.60. The van der Waals surface area contributed by atoms with E-state index in [4.69, 9.17) is 0 Å². The number of carboxylic acids is 1. The molecule has 2 aliphatic rings. The first kappa shape index (κ1) is 20.1. The summed E-state index contributed by atoms with van der Waals surface area (Å²) in [6, 6.07) is 8.22. The molecule has 2 heterocycles. The molecule has 2 amide bonds. The highest BCUT2D eigenvalue weighted by atomic mass is 32.2. The lowest BCUT2D eigenvalue weighted by Gasteiger charge is -2.28. The Hall–Kier alpha value is -1.67. The van der Waals surface area contributed by atoms with Gasteiger partial charge in [-0.1, -0.05) is 30.3 Å². The quantitative estimate of drug-likeness (QED) is 0.625. The fourth-order valence-corrected chi connectivity index (χ4v) is 5.38. The predicted octanol–water partition coefficient (Wildman–Crippen LogP) is 1.80. The third-order valence-electron chi connectivity index (χ3n) is 5.11. The fourth-order valence-electron chi connectivity index (χ4n) is 3.63. The minimum atomic E-state index is -0.984. The number of nitrogens with one attached hydrogen (secondary N) is 1. The van der Waals surface area contributed by atoms with E-state index in [1.54, 1.807) is 0 Å². The Morgan fingerprint density at radius 3 is 2.70 bits per heavy atom. The van der Waals surface area contributed by atoms with Gasteiger partial charge in [-0.05, 0) is 31.2 Å². The summed E-state index contributed by atoms with van der Waals surface area (Å²) < 4.78 is 0. The summed E-state index contributed by atoms with van der Waals surface area (Å²) in [5.74, 6) is -1.03. The van der Waals surface area contributed by atoms with Crippen LogP contribution in [0.5, 0.6) is 0 Å². The normalized spacial score (nSPS) is 26.2. The van der Waals surface area contributed by atoms with Crippen molar-refractivity contribution >= 4 is 42.2 Å². The Kier molecular flexibility index (Phi) is 6.70. The second-order valence-electron chi connectivity index (χ2n) is 6.95. The lowest BCUT2D eigenvalue weighted by Crippen LogP contribution is -2.54. The number of carboxylic acid groups (broad SMARTS) is 1. The summed E-state index contributed by atoms with van der Waals surface area (Å²) in [7, 11) is 0. The topological polar surface area (TPSA) is 86.7 Å². The molecule has 0 aromatic heterocycles. The molecule has 146 valence electrons. The summed E-state index contributed by atoms with van der Waals surface area (Å²) in [5, 5.41) is 12.2. The van der Waals surface area contributed by atoms with Crippen LogP contribution in [0.25, 0.3) is 0 Å². The van der Waals surface area contributed by atoms with Crippen molar-refractivity contribution < 1.29 is 19.5 Å². The largest absolute Gasteiger partial charge is 0.480 e. The molecule has 1 aromatic rings. The van der Waals surface area contributed by atoms with Crippen LogP contribution in [0.3, 0.4) is 0 Å². The number of hydrogen-bond acceptors (Lipinski definition) is 5. The molecule has 1 unspecified atom stereocenters. The van der Waals surface area contributed by atoms with Crippen LogP contribution in [0.2, 0.25) is 0 Å². The van der Waals surface area contributed by atoms with Gasteiger partial charge in [-0.2, -0.15) is 12.6 Å². The number of rotatable bonds is 6. The van der Waals surface area contributed by atoms with Crippen LogP contribution in [0.1, 0.15) is 24.8 Å². The molecule has 2 fully saturated rings. The van der Waals surface area contributed by atoms with Gasteiger partial charge in [-0.15, -0.1) is 11.8 Å². The molecule has 0 saturated carbocycles. The van der Waals surface area contributed by atoms with E-state index in [0.29, 0.717) is 24.3 Å². The van der Waals surface area contributed by atoms with Gasteiger partial charge in [0.25, 0.3) is 0 Å². The maximum atomic E-state index is 13.0. The molecule has 2 aliphatic heterocycles. The van der Waals surface area contributed by atoms with Crippen molar-refractivity contribution in [2.24, 2.45) is 5.92 Å². The van der Waals surface area contributed by atoms with E-state index in [9.17, 15) is 19.5 Å². The number of carbonyl (C=O) groups is 3. The van der Waals surface area contributed by atoms with Crippen LogP contribution in [0.15, 0.2) is 30.3 Å². The number of hydrogen-bond donors (Lipinski definition) is 3. The fraction of sp³-hybridized carbons (Fsp3) is 0.526. The van der Waals surface area contributed by atoms with Crippen molar-refractivity contribution in [1.82, 2.24) is 10.2 Å². The molecule has 27 heavy (non-hydrogen) atoms. The predicted molar refractivity (Wildman–Crippen MR) is 108 cm³/mol. The average molecular weight is 409 g/mol. The number of fused-ring (bicyclic) bond motifs is 1. The molecule has 2 N–H and O–H groups in total. The van der Waals surface area contributed by atoms with Crippen molar-refractivity contribution in [3.63, 3.8) is 0 Å². The van der Waals surface area contributed by atoms with Crippen molar-refractivity contribution in [3.8, 4) is 0 Å². The van der Waals surface area contributed by atoms with E-state index in [2.05, 4.69) is 17.9 Å². The highest BCUT2D eigenvalue weighted by Gasteiger charge is 2.45. The Balaban J connectivity index is 1.68. The summed E-state index contributed by atoms with van der Waals surface area (Å²) >= 11 is 5.82. The van der Waals surface area contributed by atoms with Crippen LogP contribution in [0, 0.1) is 5.92 Å². The van der Waals surface area contributed by atoms with Gasteiger partial charge in [-0.3, -0.25) is 9.59 Å². The number of nitrogens with zero attached hydrogens (tertiary/aromatic N) is 1. The van der Waals surface area contributed by atoms with Gasteiger partial charge in [-0.25, -0.2) is 4.79 Å². The zero-order valence-corrected chi connectivity index (χ0v) is 16.6. The summed E-state index contributed by atoms with van der Waals surface area (Å²) in [6.45, 7) is 0. The molecule has 3 rings (SSSR count). The van der Waals surface area contributed by atoms with Crippen LogP contribution >= 0.6 is 24.4 Å². The van der Waals surface area contributed by atoms with Crippen LogP contribution in [-0.4, -0.2) is 56.8 Å². The van der Waals surface area contributed by atoms with E-state index in [1.165, 1.54) is 16.7 Å². The SMILES string of the molecule is O=C(N[C@@H]1CCC[C@@H]2SC[C@H](C(=O)O)N2C1=O)C(CS)Cc1ccccc1. The Labute approximate surface area is 168 Å². The number of thioether (sulfide) groups is 1. The lowest BCUT2D eigenvalue weighted by atomic mass is 9.99. The Morgan fingerprint density at radius 2 is 2.04 bits per heavy atom. The van der Waals surface area contributed by atoms with E-state index in [1.807, 2.05) is 30.3 Å². The Morgan fingerprint density at radius 1 is 1.30 bits per heavy atom. The standard InChI is InChI=1S/C19H24N2O4S2/c22-17(13(10-26)9-12-5-2-1-3-6-12)20-14-7-4-8-16-21(18(14)23)15(11-27-16)19(24)25/h1-3,5-6,13-16,26H,4,7-11H2,(H,20,22)(H,24,25)/t13?,14-,15-,16+/m1/s1. The number of carbonyl (C=O) groups excluding carboxylic acids is 2. The highest BCUT2D eigenvalue weighted by Crippen LogP contribution is 2.35. The van der Waals surface area contributed by atoms with Gasteiger partial charge >= 0.3 is 5.97 Å². The van der Waals surface area contributed by atoms with Gasteiger partial charge in [0.1, 0.15) is 12.1 Å². The van der Waals surface area contributed by atoms with Crippen molar-refractivity contribution in [2.75, 3.05) is 11.5 Å². The van der Waals surface area contributed by atoms with Crippen molar-refractivity contribution in [2.45, 2.75) is 43.1 Å². The number of thiol groups is 1. The minimum absolute atomic E-state index is 0.106. The monoisotopic (exact) mass is 408 g/mol. The van der Waals surface area contributed by atoms with E-state index >= 15 is 0 Å². The zero-order valence-electron chi connectivity index (χ0n) is 14.9. The highest BCUT2D eigenvalue weighted by molar-refractivity contribution is 8.00. The number of aliphatic carboxylic acids is 1. The van der Waals surface area contributed by atoms with Crippen LogP contribution in [0.4, 0.5) is 0 Å². The Bertz CT molecular complexity index is 700. The smallest absolute Gasteiger partial charge is 0.327 e. The van der Waals surface area contributed by atoms with Gasteiger partial charge < -0.3 is 15.3 Å². The second kappa shape index (κ2) is 9.01. The molecule has 6 nitrogen and oxygen atoms in total. The van der Waals surface area contributed by atoms with Gasteiger partial charge in [0, 0.05) is 11.5 Å². The first-order valence-electron chi connectivity index (χ1n) is 9.13. The van der Waals surface area contributed by atoms with E-state index < -0.39 is 18.1 Å². The average Bonchev–Trinajstić information content (AvgIpc) is 3.03. The first-order chi connectivity index (χ1) is 13.0. The van der Waals surface area contributed by atoms with E-state index in [0.717, 1.165) is 18.4 Å². The third-order valence-corrected chi connectivity index (χ3v) is 6.90. The summed E-state index contributed by atoms with van der Waals surface area (Å²) in [6.07, 6.45) is 2.63. The molecule has 0 bridgehead atoms. The summed E-state index contributed by atoms with van der Waals surface area (Å²) in [4.78, 5) is 38.7. The summed E-state index contributed by atoms with van der Waals surface area (Å²) in [5.41, 5.74) is 1.04. The molecule has 1 aromatic carbocycles. The van der Waals surface area contributed by atoms with Crippen LogP contribution in [-0.2, 0) is 20.8 Å². The molecule has 8 heteroatoms. The molecule has 0 radical (unpaired) electrons. The van der Waals surface area contributed by atoms with Crippen molar-refractivity contribution in [3.05, 3.63) is 35.9 Å². The van der Waals surface area contributed by atoms with Gasteiger partial charge in [0.05, 0.1) is 11.3 Å². The lowest BCUT2D eigenvalue weighted by molar-refractivity contribution is -0.150. The number of benzene rings is 1. The molecule has 4 atom stereocenters. The van der Waals surface area contributed by atoms with Gasteiger partial charge in [0.2, 0.25) is 11.8 Å². The molecule has 0 spiro atoms. The zero-order chi connectivity index (χ0) is 19.4. The molecule has 2 saturated heterocycles. The first-order valence-corrected chi connectivity index (χ1v) is 10.8. The second-order valence-corrected chi connectivity index (χ2v) is 8.52. The van der Waals surface area contributed by atoms with Crippen molar-refractivity contribution in [1.29, 1.82) is 0 Å². The molecular formula is C19H24N2O4S2. The van der Waals surface area contributed by atoms with E-state index in [-0.39, 0.29) is 23.1 Å². The number of amides is 2. The minimum Gasteiger partial charge on any atom is -0.480 e. The van der Waals surface area contributed by atoms with Gasteiger partial charge in [0.15, 0.2) is 0 Å². The molecular weight excluding hydrogens is 384 g/mol. The molecule has 0 aliphatic carbocycles. The maximum absolute atomic E-state index is 13.0. The van der Waals surface area contributed by atoms with Crippen LogP contribution < -0.4 is 5.32 Å². The maximum Gasteiger partial charge on any atom is 0.327 e.